The monoisotopic (exact) mass is 493 g/mol. The van der Waals surface area contributed by atoms with Crippen molar-refractivity contribution in [2.24, 2.45) is 16.8 Å². The van der Waals surface area contributed by atoms with Crippen molar-refractivity contribution in [1.29, 1.82) is 0 Å². The highest BCUT2D eigenvalue weighted by Gasteiger charge is 2.20. The topological polar surface area (TPSA) is 52.6 Å². The van der Waals surface area contributed by atoms with Gasteiger partial charge in [-0.2, -0.15) is 0 Å². The number of aryl methyl sites for hydroxylation is 2. The van der Waals surface area contributed by atoms with E-state index in [2.05, 4.69) is 55.1 Å². The molecule has 1 aromatic heterocycles. The van der Waals surface area contributed by atoms with E-state index in [0.717, 1.165) is 48.0 Å². The molecule has 1 saturated heterocycles. The quantitative estimate of drug-likeness (QED) is 0.263. The molecular formula is C19H36IN5S. The Hall–Kier alpha value is -0.410. The van der Waals surface area contributed by atoms with Gasteiger partial charge in [-0.1, -0.05) is 13.8 Å². The molecule has 26 heavy (non-hydrogen) atoms. The number of aliphatic imine (C=N–C) groups is 1. The van der Waals surface area contributed by atoms with Crippen molar-refractivity contribution < 1.29 is 0 Å². The van der Waals surface area contributed by atoms with Crippen LogP contribution in [0.2, 0.25) is 0 Å². The summed E-state index contributed by atoms with van der Waals surface area (Å²) in [6, 6.07) is 0. The molecule has 2 unspecified atom stereocenters. The lowest BCUT2D eigenvalue weighted by Gasteiger charge is -2.35. The van der Waals surface area contributed by atoms with Crippen molar-refractivity contribution in [3.63, 3.8) is 0 Å². The van der Waals surface area contributed by atoms with Crippen LogP contribution in [0.4, 0.5) is 0 Å². The molecule has 5 nitrogen and oxygen atoms in total. The minimum Gasteiger partial charge on any atom is -0.357 e. The standard InChI is InChI=1S/C19H35N5S.HI/c1-6-20-19(22-11-18-16(4)23-17(5)25-18)21-8-7-9-24-12-14(2)10-15(3)13-24;/h14-15H,6-13H2,1-5H3,(H2,20,21,22);1H. The van der Waals surface area contributed by atoms with E-state index < -0.39 is 0 Å². The molecule has 1 aromatic rings. The average molecular weight is 494 g/mol. The van der Waals surface area contributed by atoms with Gasteiger partial charge in [0.25, 0.3) is 0 Å². The van der Waals surface area contributed by atoms with Crippen LogP contribution in [0.1, 0.15) is 49.2 Å². The lowest BCUT2D eigenvalue weighted by atomic mass is 9.92. The highest BCUT2D eigenvalue weighted by atomic mass is 127. The summed E-state index contributed by atoms with van der Waals surface area (Å²) < 4.78 is 0. The van der Waals surface area contributed by atoms with Crippen LogP contribution in [-0.4, -0.2) is 48.6 Å². The van der Waals surface area contributed by atoms with Crippen LogP contribution in [-0.2, 0) is 6.54 Å². The molecule has 150 valence electrons. The Labute approximate surface area is 180 Å². The van der Waals surface area contributed by atoms with Gasteiger partial charge >= 0.3 is 0 Å². The lowest BCUT2D eigenvalue weighted by Crippen LogP contribution is -2.41. The number of hydrogen-bond donors (Lipinski definition) is 2. The maximum atomic E-state index is 4.72. The third-order valence-corrected chi connectivity index (χ3v) is 5.67. The molecular weight excluding hydrogens is 457 g/mol. The van der Waals surface area contributed by atoms with Gasteiger partial charge in [-0.15, -0.1) is 35.3 Å². The predicted octanol–water partition coefficient (Wildman–Crippen LogP) is 3.80. The van der Waals surface area contributed by atoms with Crippen LogP contribution in [0.15, 0.2) is 4.99 Å². The van der Waals surface area contributed by atoms with Gasteiger partial charge in [0.15, 0.2) is 5.96 Å². The summed E-state index contributed by atoms with van der Waals surface area (Å²) in [4.78, 5) is 13.1. The van der Waals surface area contributed by atoms with Gasteiger partial charge in [0.2, 0.25) is 0 Å². The molecule has 2 atom stereocenters. The third kappa shape index (κ3) is 8.08. The smallest absolute Gasteiger partial charge is 0.191 e. The summed E-state index contributed by atoms with van der Waals surface area (Å²) in [6.07, 6.45) is 2.53. The Morgan fingerprint density at radius 3 is 2.50 bits per heavy atom. The number of aromatic nitrogens is 1. The molecule has 1 aliphatic rings. The fourth-order valence-corrected chi connectivity index (χ4v) is 4.56. The third-order valence-electron chi connectivity index (χ3n) is 4.61. The summed E-state index contributed by atoms with van der Waals surface area (Å²) in [7, 11) is 0. The molecule has 0 aliphatic carbocycles. The van der Waals surface area contributed by atoms with Crippen molar-refractivity contribution in [1.82, 2.24) is 20.5 Å². The molecule has 7 heteroatoms. The Morgan fingerprint density at radius 1 is 1.23 bits per heavy atom. The fourth-order valence-electron chi connectivity index (χ4n) is 3.70. The highest BCUT2D eigenvalue weighted by molar-refractivity contribution is 14.0. The molecule has 0 saturated carbocycles. The zero-order valence-electron chi connectivity index (χ0n) is 17.0. The Kier molecular flexibility index (Phi) is 11.0. The number of guanidine groups is 1. The number of hydrogen-bond acceptors (Lipinski definition) is 4. The predicted molar refractivity (Wildman–Crippen MR) is 124 cm³/mol. The summed E-state index contributed by atoms with van der Waals surface area (Å²) in [5.41, 5.74) is 1.11. The van der Waals surface area contributed by atoms with Crippen LogP contribution >= 0.6 is 35.3 Å². The van der Waals surface area contributed by atoms with E-state index in [1.165, 1.54) is 30.9 Å². The van der Waals surface area contributed by atoms with E-state index in [-0.39, 0.29) is 24.0 Å². The number of rotatable bonds is 7. The second-order valence-electron chi connectivity index (χ2n) is 7.42. The number of halogens is 1. The number of thiazole rings is 1. The van der Waals surface area contributed by atoms with E-state index in [0.29, 0.717) is 6.54 Å². The molecule has 0 bridgehead atoms. The van der Waals surface area contributed by atoms with Crippen LogP contribution in [0.5, 0.6) is 0 Å². The molecule has 0 aromatic carbocycles. The summed E-state index contributed by atoms with van der Waals surface area (Å²) in [5, 5.41) is 7.93. The van der Waals surface area contributed by atoms with Crippen LogP contribution in [0, 0.1) is 25.7 Å². The molecule has 1 fully saturated rings. The molecule has 0 spiro atoms. The van der Waals surface area contributed by atoms with Crippen molar-refractivity contribution in [3.05, 3.63) is 15.6 Å². The first-order valence-electron chi connectivity index (χ1n) is 9.65. The molecule has 1 aliphatic heterocycles. The van der Waals surface area contributed by atoms with Gasteiger partial charge < -0.3 is 15.5 Å². The van der Waals surface area contributed by atoms with Crippen LogP contribution in [0.3, 0.4) is 0 Å². The normalized spacial score (nSPS) is 21.3. The number of piperidine rings is 1. The van der Waals surface area contributed by atoms with E-state index >= 15 is 0 Å². The van der Waals surface area contributed by atoms with Gasteiger partial charge in [0.05, 0.1) is 17.2 Å². The van der Waals surface area contributed by atoms with E-state index in [9.17, 15) is 0 Å². The second kappa shape index (κ2) is 12.1. The van der Waals surface area contributed by atoms with E-state index in [4.69, 9.17) is 4.99 Å². The largest absolute Gasteiger partial charge is 0.357 e. The Balaban J connectivity index is 0.00000338. The molecule has 0 amide bonds. The number of nitrogens with one attached hydrogen (secondary N) is 2. The zero-order valence-corrected chi connectivity index (χ0v) is 20.1. The SMILES string of the molecule is CCNC(=NCc1sc(C)nc1C)NCCCN1CC(C)CC(C)C1.I. The minimum absolute atomic E-state index is 0. The molecule has 0 radical (unpaired) electrons. The molecule has 2 heterocycles. The number of likely N-dealkylation sites (tertiary alicyclic amines) is 1. The first-order chi connectivity index (χ1) is 12.0. The van der Waals surface area contributed by atoms with Gasteiger partial charge in [-0.25, -0.2) is 9.98 Å². The minimum atomic E-state index is 0. The first kappa shape index (κ1) is 23.6. The van der Waals surface area contributed by atoms with Crippen LogP contribution < -0.4 is 10.6 Å². The van der Waals surface area contributed by atoms with Crippen LogP contribution in [0.25, 0.3) is 0 Å². The van der Waals surface area contributed by atoms with Crippen molar-refractivity contribution in [3.8, 4) is 0 Å². The maximum Gasteiger partial charge on any atom is 0.191 e. The van der Waals surface area contributed by atoms with E-state index in [1.807, 2.05) is 0 Å². The summed E-state index contributed by atoms with van der Waals surface area (Å²) in [5.74, 6) is 2.58. The van der Waals surface area contributed by atoms with E-state index in [1.54, 1.807) is 11.3 Å². The first-order valence-corrected chi connectivity index (χ1v) is 10.5. The van der Waals surface area contributed by atoms with Crippen molar-refractivity contribution >= 4 is 41.3 Å². The molecule has 2 N–H and O–H groups in total. The van der Waals surface area contributed by atoms with Crippen molar-refractivity contribution in [2.45, 2.75) is 54.0 Å². The average Bonchev–Trinajstić information content (AvgIpc) is 2.86. The van der Waals surface area contributed by atoms with Gasteiger partial charge in [0, 0.05) is 31.1 Å². The lowest BCUT2D eigenvalue weighted by molar-refractivity contribution is 0.140. The maximum absolute atomic E-state index is 4.72. The van der Waals surface area contributed by atoms with Gasteiger partial charge in [0.1, 0.15) is 0 Å². The van der Waals surface area contributed by atoms with Gasteiger partial charge in [-0.3, -0.25) is 0 Å². The van der Waals surface area contributed by atoms with Crippen molar-refractivity contribution in [2.75, 3.05) is 32.7 Å². The summed E-state index contributed by atoms with van der Waals surface area (Å²) >= 11 is 1.74. The number of nitrogens with zero attached hydrogens (tertiary/aromatic N) is 3. The summed E-state index contributed by atoms with van der Waals surface area (Å²) in [6.45, 7) is 17.2. The Morgan fingerprint density at radius 2 is 1.92 bits per heavy atom. The highest BCUT2D eigenvalue weighted by Crippen LogP contribution is 2.20. The zero-order chi connectivity index (χ0) is 18.2. The Bertz CT molecular complexity index is 550. The second-order valence-corrected chi connectivity index (χ2v) is 8.71. The fraction of sp³-hybridized carbons (Fsp3) is 0.789. The van der Waals surface area contributed by atoms with Gasteiger partial charge in [-0.05, 0) is 52.0 Å². The molecule has 2 rings (SSSR count).